The Labute approximate surface area is 198 Å². The normalized spacial score (nSPS) is 11.2. The second-order valence-corrected chi connectivity index (χ2v) is 8.82. The van der Waals surface area contributed by atoms with Crippen LogP contribution in [-0.4, -0.2) is 45.7 Å². The van der Waals surface area contributed by atoms with Crippen molar-refractivity contribution in [3.63, 3.8) is 0 Å². The van der Waals surface area contributed by atoms with E-state index in [-0.39, 0.29) is 17.2 Å². The number of carbonyl (C=O) groups is 1. The van der Waals surface area contributed by atoms with Gasteiger partial charge in [0.15, 0.2) is 5.16 Å². The number of benzene rings is 2. The maximum atomic E-state index is 13.1. The molecule has 0 saturated carbocycles. The van der Waals surface area contributed by atoms with Gasteiger partial charge in [-0.3, -0.25) is 14.2 Å². The Morgan fingerprint density at radius 3 is 2.69 bits per heavy atom. The molecule has 8 heteroatoms. The van der Waals surface area contributed by atoms with E-state index in [1.807, 2.05) is 36.4 Å². The molecule has 6 nitrogen and oxygen atoms in total. The third-order valence-electron chi connectivity index (χ3n) is 5.29. The van der Waals surface area contributed by atoms with Gasteiger partial charge in [-0.2, -0.15) is 0 Å². The minimum Gasteiger partial charge on any atom is -0.351 e. The van der Waals surface area contributed by atoms with E-state index in [1.54, 1.807) is 16.7 Å². The first-order chi connectivity index (χ1) is 15.5. The lowest BCUT2D eigenvalue weighted by Gasteiger charge is -2.19. The summed E-state index contributed by atoms with van der Waals surface area (Å²) in [7, 11) is 0. The Morgan fingerprint density at radius 1 is 1.16 bits per heavy atom. The van der Waals surface area contributed by atoms with Gasteiger partial charge in [-0.25, -0.2) is 4.98 Å². The quantitative estimate of drug-likeness (QED) is 0.335. The topological polar surface area (TPSA) is 67.2 Å². The number of amides is 1. The van der Waals surface area contributed by atoms with Gasteiger partial charge in [-0.15, -0.1) is 0 Å². The standard InChI is InChI=1S/C24H29ClN4O2S/c1-3-28(4-2)13-8-14-29-23(31)20-11-5-6-12-21(20)27-24(29)32-17-22(30)26-16-18-9-7-10-19(25)15-18/h5-7,9-12,15H,3-4,8,13-14,16-17H2,1-2H3,(H,26,30). The molecule has 0 atom stereocenters. The highest BCUT2D eigenvalue weighted by Crippen LogP contribution is 2.18. The lowest BCUT2D eigenvalue weighted by Crippen LogP contribution is -2.29. The average Bonchev–Trinajstić information content (AvgIpc) is 2.80. The molecule has 3 rings (SSSR count). The Hall–Kier alpha value is -2.35. The first-order valence-electron chi connectivity index (χ1n) is 10.9. The SMILES string of the molecule is CCN(CC)CCCn1c(SCC(=O)NCc2cccc(Cl)c2)nc2ccccc2c1=O. The lowest BCUT2D eigenvalue weighted by molar-refractivity contribution is -0.118. The van der Waals surface area contributed by atoms with Crippen LogP contribution in [0.5, 0.6) is 0 Å². The molecule has 0 aliphatic rings. The highest BCUT2D eigenvalue weighted by atomic mass is 35.5. The average molecular weight is 473 g/mol. The van der Waals surface area contributed by atoms with Crippen LogP contribution >= 0.6 is 23.4 Å². The number of nitrogens with one attached hydrogen (secondary N) is 1. The van der Waals surface area contributed by atoms with Crippen LogP contribution in [0.15, 0.2) is 58.5 Å². The van der Waals surface area contributed by atoms with E-state index >= 15 is 0 Å². The van der Waals surface area contributed by atoms with Crippen molar-refractivity contribution in [3.05, 3.63) is 69.5 Å². The van der Waals surface area contributed by atoms with Crippen LogP contribution in [0.2, 0.25) is 5.02 Å². The third-order valence-corrected chi connectivity index (χ3v) is 6.50. The van der Waals surface area contributed by atoms with Crippen LogP contribution < -0.4 is 10.9 Å². The molecule has 1 aromatic heterocycles. The summed E-state index contributed by atoms with van der Waals surface area (Å²) in [6, 6.07) is 14.7. The number of hydrogen-bond donors (Lipinski definition) is 1. The van der Waals surface area contributed by atoms with E-state index in [1.165, 1.54) is 11.8 Å². The van der Waals surface area contributed by atoms with Crippen LogP contribution in [0, 0.1) is 0 Å². The number of nitrogens with zero attached hydrogens (tertiary/aromatic N) is 3. The van der Waals surface area contributed by atoms with Gasteiger partial charge in [0.2, 0.25) is 5.91 Å². The summed E-state index contributed by atoms with van der Waals surface area (Å²) in [5, 5.41) is 4.72. The highest BCUT2D eigenvalue weighted by Gasteiger charge is 2.13. The van der Waals surface area contributed by atoms with Crippen molar-refractivity contribution in [1.29, 1.82) is 0 Å². The first kappa shape index (κ1) is 24.3. The van der Waals surface area contributed by atoms with Crippen molar-refractivity contribution < 1.29 is 4.79 Å². The molecule has 1 amide bonds. The van der Waals surface area contributed by atoms with Crippen molar-refractivity contribution in [2.24, 2.45) is 0 Å². The smallest absolute Gasteiger partial charge is 0.262 e. The molecule has 0 aliphatic heterocycles. The van der Waals surface area contributed by atoms with Gasteiger partial charge >= 0.3 is 0 Å². The van der Waals surface area contributed by atoms with E-state index in [9.17, 15) is 9.59 Å². The molecule has 3 aromatic rings. The summed E-state index contributed by atoms with van der Waals surface area (Å²) in [5.41, 5.74) is 1.53. The van der Waals surface area contributed by atoms with Gasteiger partial charge in [-0.05, 0) is 55.9 Å². The molecule has 0 fully saturated rings. The molecule has 0 saturated heterocycles. The molecule has 170 valence electrons. The van der Waals surface area contributed by atoms with Crippen molar-refractivity contribution >= 4 is 40.2 Å². The molecule has 2 aromatic carbocycles. The zero-order valence-corrected chi connectivity index (χ0v) is 20.1. The fourth-order valence-electron chi connectivity index (χ4n) is 3.48. The number of rotatable bonds is 11. The van der Waals surface area contributed by atoms with Crippen molar-refractivity contribution in [2.75, 3.05) is 25.4 Å². The number of fused-ring (bicyclic) bond motifs is 1. The molecule has 1 heterocycles. The van der Waals surface area contributed by atoms with Crippen molar-refractivity contribution in [3.8, 4) is 0 Å². The van der Waals surface area contributed by atoms with Gasteiger partial charge in [-0.1, -0.05) is 61.5 Å². The summed E-state index contributed by atoms with van der Waals surface area (Å²) < 4.78 is 1.71. The van der Waals surface area contributed by atoms with Crippen LogP contribution in [0.3, 0.4) is 0 Å². The number of aromatic nitrogens is 2. The zero-order valence-electron chi connectivity index (χ0n) is 18.5. The Kier molecular flexibility index (Phi) is 9.14. The second-order valence-electron chi connectivity index (χ2n) is 7.44. The number of thioether (sulfide) groups is 1. The Bertz CT molecular complexity index is 1110. The molecule has 0 unspecified atom stereocenters. The fraction of sp³-hybridized carbons (Fsp3) is 0.375. The molecule has 1 N–H and O–H groups in total. The van der Waals surface area contributed by atoms with Crippen LogP contribution in [0.1, 0.15) is 25.8 Å². The van der Waals surface area contributed by atoms with Crippen LogP contribution in [0.4, 0.5) is 0 Å². The molecular formula is C24H29ClN4O2S. The van der Waals surface area contributed by atoms with Gasteiger partial charge < -0.3 is 10.2 Å². The van der Waals surface area contributed by atoms with Gasteiger partial charge in [0, 0.05) is 18.1 Å². The largest absolute Gasteiger partial charge is 0.351 e. The summed E-state index contributed by atoms with van der Waals surface area (Å²) in [6.07, 6.45) is 0.843. The lowest BCUT2D eigenvalue weighted by atomic mass is 10.2. The number of halogens is 1. The molecule has 32 heavy (non-hydrogen) atoms. The minimum absolute atomic E-state index is 0.0583. The number of carbonyl (C=O) groups excluding carboxylic acids is 1. The minimum atomic E-state index is -0.118. The van der Waals surface area contributed by atoms with Crippen molar-refractivity contribution in [1.82, 2.24) is 19.8 Å². The maximum absolute atomic E-state index is 13.1. The Morgan fingerprint density at radius 2 is 1.94 bits per heavy atom. The monoisotopic (exact) mass is 472 g/mol. The van der Waals surface area contributed by atoms with Crippen LogP contribution in [-0.2, 0) is 17.9 Å². The van der Waals surface area contributed by atoms with E-state index in [2.05, 4.69) is 24.1 Å². The predicted octanol–water partition coefficient (Wildman–Crippen LogP) is 4.19. The fourth-order valence-corrected chi connectivity index (χ4v) is 4.54. The molecule has 0 spiro atoms. The van der Waals surface area contributed by atoms with Crippen LogP contribution in [0.25, 0.3) is 10.9 Å². The predicted molar refractivity (Wildman–Crippen MR) is 132 cm³/mol. The Balaban J connectivity index is 1.70. The molecule has 0 radical (unpaired) electrons. The number of para-hydroxylation sites is 1. The van der Waals surface area contributed by atoms with E-state index in [0.717, 1.165) is 31.6 Å². The third kappa shape index (κ3) is 6.58. The summed E-state index contributed by atoms with van der Waals surface area (Å²) >= 11 is 7.29. The summed E-state index contributed by atoms with van der Waals surface area (Å²) in [6.45, 7) is 8.12. The van der Waals surface area contributed by atoms with Gasteiger partial charge in [0.25, 0.3) is 5.56 Å². The summed E-state index contributed by atoms with van der Waals surface area (Å²) in [5.74, 6) is 0.0635. The number of hydrogen-bond acceptors (Lipinski definition) is 5. The van der Waals surface area contributed by atoms with E-state index in [4.69, 9.17) is 16.6 Å². The summed E-state index contributed by atoms with van der Waals surface area (Å²) in [4.78, 5) is 32.6. The highest BCUT2D eigenvalue weighted by molar-refractivity contribution is 7.99. The molecule has 0 aliphatic carbocycles. The molecule has 0 bridgehead atoms. The second kappa shape index (κ2) is 12.0. The van der Waals surface area contributed by atoms with Crippen molar-refractivity contribution in [2.45, 2.75) is 38.5 Å². The van der Waals surface area contributed by atoms with E-state index < -0.39 is 0 Å². The zero-order chi connectivity index (χ0) is 22.9. The van der Waals surface area contributed by atoms with E-state index in [0.29, 0.717) is 34.2 Å². The van der Waals surface area contributed by atoms with Gasteiger partial charge in [0.05, 0.1) is 16.7 Å². The maximum Gasteiger partial charge on any atom is 0.262 e. The molecular weight excluding hydrogens is 444 g/mol. The van der Waals surface area contributed by atoms with Gasteiger partial charge in [0.1, 0.15) is 0 Å². The first-order valence-corrected chi connectivity index (χ1v) is 12.2.